The Hall–Kier alpha value is -2.59. The van der Waals surface area contributed by atoms with E-state index in [4.69, 9.17) is 4.74 Å². The molecule has 0 N–H and O–H groups in total. The van der Waals surface area contributed by atoms with Gasteiger partial charge in [-0.05, 0) is 38.4 Å². The molecule has 0 amide bonds. The Kier molecular flexibility index (Phi) is 3.83. The van der Waals surface area contributed by atoms with Crippen LogP contribution in [-0.4, -0.2) is 40.8 Å². The molecule has 1 atom stereocenters. The molecule has 2 aromatic carbocycles. The fraction of sp³-hybridized carbons (Fsp3) is 0.348. The van der Waals surface area contributed by atoms with Crippen LogP contribution in [0.3, 0.4) is 0 Å². The van der Waals surface area contributed by atoms with E-state index in [-0.39, 0.29) is 6.09 Å². The summed E-state index contributed by atoms with van der Waals surface area (Å²) in [6, 6.07) is 18.2. The summed E-state index contributed by atoms with van der Waals surface area (Å²) in [7, 11) is 0. The molecule has 0 spiro atoms. The number of hydrogen-bond acceptors (Lipinski definition) is 3. The van der Waals surface area contributed by atoms with Crippen molar-refractivity contribution in [3.8, 4) is 11.3 Å². The highest BCUT2D eigenvalue weighted by Crippen LogP contribution is 2.39. The Morgan fingerprint density at radius 1 is 1.04 bits per heavy atom. The highest BCUT2D eigenvalue weighted by molar-refractivity contribution is 6.00. The maximum absolute atomic E-state index is 13.3. The first-order valence-electron chi connectivity index (χ1n) is 9.75. The molecule has 3 aliphatic rings. The summed E-state index contributed by atoms with van der Waals surface area (Å²) < 4.78 is 7.87. The number of carbonyl (C=O) groups excluding carboxylic acids is 1. The van der Waals surface area contributed by atoms with Crippen molar-refractivity contribution in [1.29, 1.82) is 0 Å². The molecule has 3 aliphatic heterocycles. The third-order valence-electron chi connectivity index (χ3n) is 6.28. The predicted octanol–water partition coefficient (Wildman–Crippen LogP) is 4.78. The highest BCUT2D eigenvalue weighted by atomic mass is 16.6. The summed E-state index contributed by atoms with van der Waals surface area (Å²) in [5.41, 5.74) is 1.52. The van der Waals surface area contributed by atoms with Crippen LogP contribution >= 0.6 is 0 Å². The molecule has 138 valence electrons. The number of piperidine rings is 3. The Balaban J connectivity index is 1.56. The predicted molar refractivity (Wildman–Crippen MR) is 107 cm³/mol. The number of carbonyl (C=O) groups is 1. The van der Waals surface area contributed by atoms with Crippen molar-refractivity contribution in [3.63, 3.8) is 0 Å². The van der Waals surface area contributed by atoms with Crippen LogP contribution in [0.25, 0.3) is 22.0 Å². The standard InChI is InChI=1S/C23H24N2O2/c1-23(16-24-13-11-19(23)12-14-24)27-22(26)25-15-18-9-5-6-10-20(18)21(25)17-7-3-2-4-8-17/h2-10,15,19H,11-14,16H2,1H3. The van der Waals surface area contributed by atoms with E-state index in [0.717, 1.165) is 54.5 Å². The maximum Gasteiger partial charge on any atom is 0.419 e. The summed E-state index contributed by atoms with van der Waals surface area (Å²) in [5.74, 6) is 0.455. The molecule has 1 unspecified atom stereocenters. The average molecular weight is 360 g/mol. The topological polar surface area (TPSA) is 34.5 Å². The van der Waals surface area contributed by atoms with Crippen LogP contribution in [0.4, 0.5) is 4.79 Å². The molecule has 27 heavy (non-hydrogen) atoms. The minimum atomic E-state index is -0.405. The fourth-order valence-corrected chi connectivity index (χ4v) is 4.83. The lowest BCUT2D eigenvalue weighted by Gasteiger charge is -2.50. The van der Waals surface area contributed by atoms with E-state index in [2.05, 4.69) is 17.9 Å². The van der Waals surface area contributed by atoms with Crippen molar-refractivity contribution in [1.82, 2.24) is 9.47 Å². The van der Waals surface area contributed by atoms with Gasteiger partial charge in [-0.3, -0.25) is 9.47 Å². The molecule has 4 heteroatoms. The van der Waals surface area contributed by atoms with E-state index in [1.807, 2.05) is 54.7 Å². The number of nitrogens with zero attached hydrogens (tertiary/aromatic N) is 2. The number of benzene rings is 2. The molecule has 4 heterocycles. The van der Waals surface area contributed by atoms with Gasteiger partial charge in [-0.2, -0.15) is 0 Å². The SMILES string of the molecule is CC1(OC(=O)n2cc3ccccc3c2-c2ccccc2)CN2CCC1CC2. The monoisotopic (exact) mass is 360 g/mol. The summed E-state index contributed by atoms with van der Waals surface area (Å²) in [4.78, 5) is 15.7. The third kappa shape index (κ3) is 2.76. The van der Waals surface area contributed by atoms with Crippen molar-refractivity contribution in [2.24, 2.45) is 5.92 Å². The quantitative estimate of drug-likeness (QED) is 0.660. The van der Waals surface area contributed by atoms with Gasteiger partial charge in [0.1, 0.15) is 5.60 Å². The number of fused-ring (bicyclic) bond motifs is 4. The van der Waals surface area contributed by atoms with Crippen LogP contribution in [0, 0.1) is 5.92 Å². The van der Waals surface area contributed by atoms with Gasteiger partial charge in [0, 0.05) is 29.4 Å². The Bertz CT molecular complexity index is 986. The molecule has 6 rings (SSSR count). The smallest absolute Gasteiger partial charge is 0.419 e. The van der Waals surface area contributed by atoms with Gasteiger partial charge < -0.3 is 4.74 Å². The lowest BCUT2D eigenvalue weighted by atomic mass is 9.76. The Morgan fingerprint density at radius 3 is 2.44 bits per heavy atom. The minimum absolute atomic E-state index is 0.277. The molecular formula is C23H24N2O2. The largest absolute Gasteiger partial charge is 0.441 e. The molecule has 2 bridgehead atoms. The molecular weight excluding hydrogens is 336 g/mol. The first-order chi connectivity index (χ1) is 13.1. The van der Waals surface area contributed by atoms with Crippen molar-refractivity contribution in [2.75, 3.05) is 19.6 Å². The van der Waals surface area contributed by atoms with Gasteiger partial charge in [-0.25, -0.2) is 4.79 Å². The van der Waals surface area contributed by atoms with E-state index in [1.54, 1.807) is 4.57 Å². The van der Waals surface area contributed by atoms with Crippen LogP contribution in [0.1, 0.15) is 19.8 Å². The molecule has 3 aromatic rings. The second kappa shape index (κ2) is 6.24. The van der Waals surface area contributed by atoms with Gasteiger partial charge in [0.2, 0.25) is 0 Å². The van der Waals surface area contributed by atoms with Gasteiger partial charge in [0.15, 0.2) is 0 Å². The number of rotatable bonds is 2. The Morgan fingerprint density at radius 2 is 1.74 bits per heavy atom. The summed E-state index contributed by atoms with van der Waals surface area (Å²) in [6.45, 7) is 5.19. The zero-order chi connectivity index (χ0) is 18.4. The lowest BCUT2D eigenvalue weighted by molar-refractivity contribution is -0.103. The first-order valence-corrected chi connectivity index (χ1v) is 9.75. The second-order valence-electron chi connectivity index (χ2n) is 8.03. The van der Waals surface area contributed by atoms with Gasteiger partial charge in [0.25, 0.3) is 0 Å². The lowest BCUT2D eigenvalue weighted by Crippen LogP contribution is -2.59. The molecule has 0 saturated carbocycles. The molecule has 1 aromatic heterocycles. The first kappa shape index (κ1) is 16.6. The van der Waals surface area contributed by atoms with Crippen LogP contribution in [-0.2, 0) is 4.74 Å². The van der Waals surface area contributed by atoms with E-state index in [1.165, 1.54) is 0 Å². The normalized spacial score (nSPS) is 27.0. The van der Waals surface area contributed by atoms with Gasteiger partial charge in [-0.15, -0.1) is 0 Å². The average Bonchev–Trinajstić information content (AvgIpc) is 3.09. The summed E-state index contributed by atoms with van der Waals surface area (Å²) >= 11 is 0. The van der Waals surface area contributed by atoms with Gasteiger partial charge in [-0.1, -0.05) is 54.6 Å². The molecule has 0 aliphatic carbocycles. The molecule has 3 saturated heterocycles. The van der Waals surface area contributed by atoms with Gasteiger partial charge >= 0.3 is 6.09 Å². The van der Waals surface area contributed by atoms with E-state index < -0.39 is 5.60 Å². The van der Waals surface area contributed by atoms with Crippen LogP contribution in [0.2, 0.25) is 0 Å². The van der Waals surface area contributed by atoms with Crippen molar-refractivity contribution < 1.29 is 9.53 Å². The van der Waals surface area contributed by atoms with Crippen LogP contribution < -0.4 is 0 Å². The molecule has 4 nitrogen and oxygen atoms in total. The molecule has 3 fully saturated rings. The number of hydrogen-bond donors (Lipinski definition) is 0. The van der Waals surface area contributed by atoms with Crippen molar-refractivity contribution in [2.45, 2.75) is 25.4 Å². The van der Waals surface area contributed by atoms with Crippen LogP contribution in [0.5, 0.6) is 0 Å². The van der Waals surface area contributed by atoms with Gasteiger partial charge in [0.05, 0.1) is 5.69 Å². The number of aromatic nitrogens is 1. The zero-order valence-electron chi connectivity index (χ0n) is 15.6. The van der Waals surface area contributed by atoms with Crippen molar-refractivity contribution >= 4 is 16.9 Å². The van der Waals surface area contributed by atoms with Crippen LogP contribution in [0.15, 0.2) is 60.8 Å². The summed E-state index contributed by atoms with van der Waals surface area (Å²) in [6.07, 6.45) is 3.86. The second-order valence-corrected chi connectivity index (χ2v) is 8.03. The summed E-state index contributed by atoms with van der Waals surface area (Å²) in [5, 5.41) is 2.12. The molecule has 0 radical (unpaired) electrons. The van der Waals surface area contributed by atoms with E-state index >= 15 is 0 Å². The maximum atomic E-state index is 13.3. The Labute approximate surface area is 159 Å². The van der Waals surface area contributed by atoms with E-state index in [9.17, 15) is 4.79 Å². The van der Waals surface area contributed by atoms with E-state index in [0.29, 0.717) is 5.92 Å². The third-order valence-corrected chi connectivity index (χ3v) is 6.28. The highest BCUT2D eigenvalue weighted by Gasteiger charge is 2.46. The van der Waals surface area contributed by atoms with Crippen molar-refractivity contribution in [3.05, 3.63) is 60.8 Å². The minimum Gasteiger partial charge on any atom is -0.441 e. The number of ether oxygens (including phenoxy) is 1. The fourth-order valence-electron chi connectivity index (χ4n) is 4.83. The zero-order valence-corrected chi connectivity index (χ0v) is 15.6.